The first-order valence-electron chi connectivity index (χ1n) is 4.98. The fourth-order valence-electron chi connectivity index (χ4n) is 1.59. The summed E-state index contributed by atoms with van der Waals surface area (Å²) in [5, 5.41) is 0.726. The SMILES string of the molecule is Cc1ccc(C(NN)c2ccco2)cc1Cl. The number of benzene rings is 1. The summed E-state index contributed by atoms with van der Waals surface area (Å²) in [5.41, 5.74) is 4.74. The zero-order valence-corrected chi connectivity index (χ0v) is 9.66. The topological polar surface area (TPSA) is 51.2 Å². The number of rotatable bonds is 3. The first kappa shape index (κ1) is 11.2. The van der Waals surface area contributed by atoms with Gasteiger partial charge in [0.2, 0.25) is 0 Å². The van der Waals surface area contributed by atoms with Crippen LogP contribution in [0.15, 0.2) is 41.0 Å². The molecular formula is C12H13ClN2O. The van der Waals surface area contributed by atoms with Crippen molar-refractivity contribution in [3.8, 4) is 0 Å². The van der Waals surface area contributed by atoms with Crippen molar-refractivity contribution in [2.24, 2.45) is 5.84 Å². The molecule has 3 nitrogen and oxygen atoms in total. The average molecular weight is 237 g/mol. The van der Waals surface area contributed by atoms with E-state index in [9.17, 15) is 0 Å². The minimum Gasteiger partial charge on any atom is -0.467 e. The zero-order valence-electron chi connectivity index (χ0n) is 8.91. The molecule has 0 radical (unpaired) electrons. The van der Waals surface area contributed by atoms with Gasteiger partial charge in [-0.15, -0.1) is 0 Å². The fourth-order valence-corrected chi connectivity index (χ4v) is 1.78. The van der Waals surface area contributed by atoms with Crippen LogP contribution >= 0.6 is 11.6 Å². The summed E-state index contributed by atoms with van der Waals surface area (Å²) in [6, 6.07) is 9.37. The Bertz CT molecular complexity index is 468. The second-order valence-electron chi connectivity index (χ2n) is 3.62. The number of aryl methyl sites for hydroxylation is 1. The van der Waals surface area contributed by atoms with Crippen LogP contribution in [0.25, 0.3) is 0 Å². The summed E-state index contributed by atoms with van der Waals surface area (Å²) in [6.45, 7) is 1.96. The minimum absolute atomic E-state index is 0.173. The van der Waals surface area contributed by atoms with E-state index < -0.39 is 0 Å². The molecule has 0 aliphatic carbocycles. The summed E-state index contributed by atoms with van der Waals surface area (Å²) in [4.78, 5) is 0. The number of furan rings is 1. The van der Waals surface area contributed by atoms with Gasteiger partial charge in [-0.2, -0.15) is 0 Å². The summed E-state index contributed by atoms with van der Waals surface area (Å²) < 4.78 is 5.33. The van der Waals surface area contributed by atoms with Crippen molar-refractivity contribution in [3.63, 3.8) is 0 Å². The van der Waals surface area contributed by atoms with Gasteiger partial charge in [0.25, 0.3) is 0 Å². The van der Waals surface area contributed by atoms with Crippen molar-refractivity contribution in [3.05, 3.63) is 58.5 Å². The van der Waals surface area contributed by atoms with E-state index in [1.807, 2.05) is 37.3 Å². The predicted octanol–water partition coefficient (Wildman–Crippen LogP) is 2.79. The Hall–Kier alpha value is -1.29. The van der Waals surface area contributed by atoms with Crippen LogP contribution in [0.4, 0.5) is 0 Å². The van der Waals surface area contributed by atoms with E-state index in [0.29, 0.717) is 0 Å². The third kappa shape index (κ3) is 2.11. The maximum atomic E-state index is 6.08. The van der Waals surface area contributed by atoms with Crippen molar-refractivity contribution in [1.82, 2.24) is 5.43 Å². The average Bonchev–Trinajstić information content (AvgIpc) is 2.78. The molecule has 0 aliphatic rings. The van der Waals surface area contributed by atoms with Crippen molar-refractivity contribution >= 4 is 11.6 Å². The van der Waals surface area contributed by atoms with Crippen molar-refractivity contribution < 1.29 is 4.42 Å². The molecule has 1 heterocycles. The maximum absolute atomic E-state index is 6.08. The highest BCUT2D eigenvalue weighted by Gasteiger charge is 2.15. The van der Waals surface area contributed by atoms with Crippen molar-refractivity contribution in [1.29, 1.82) is 0 Å². The number of nitrogens with two attached hydrogens (primary N) is 1. The van der Waals surface area contributed by atoms with Gasteiger partial charge in [-0.05, 0) is 36.2 Å². The highest BCUT2D eigenvalue weighted by Crippen LogP contribution is 2.25. The van der Waals surface area contributed by atoms with E-state index in [0.717, 1.165) is 21.9 Å². The molecule has 1 aromatic carbocycles. The monoisotopic (exact) mass is 236 g/mol. The van der Waals surface area contributed by atoms with Gasteiger partial charge in [-0.3, -0.25) is 5.84 Å². The molecule has 16 heavy (non-hydrogen) atoms. The largest absolute Gasteiger partial charge is 0.467 e. The second kappa shape index (κ2) is 4.70. The molecule has 1 aromatic heterocycles. The van der Waals surface area contributed by atoms with Gasteiger partial charge in [-0.1, -0.05) is 23.7 Å². The van der Waals surface area contributed by atoms with Gasteiger partial charge in [-0.25, -0.2) is 5.43 Å². The van der Waals surface area contributed by atoms with Gasteiger partial charge in [0, 0.05) is 5.02 Å². The fraction of sp³-hybridized carbons (Fsp3) is 0.167. The molecule has 2 aromatic rings. The Morgan fingerprint density at radius 1 is 1.38 bits per heavy atom. The van der Waals surface area contributed by atoms with E-state index in [1.165, 1.54) is 0 Å². The van der Waals surface area contributed by atoms with Crippen LogP contribution in [0.1, 0.15) is 22.9 Å². The first-order chi connectivity index (χ1) is 7.72. The zero-order chi connectivity index (χ0) is 11.5. The quantitative estimate of drug-likeness (QED) is 0.637. The van der Waals surface area contributed by atoms with E-state index in [-0.39, 0.29) is 6.04 Å². The molecule has 0 saturated heterocycles. The van der Waals surface area contributed by atoms with Gasteiger partial charge in [0.15, 0.2) is 0 Å². The van der Waals surface area contributed by atoms with Crippen LogP contribution < -0.4 is 11.3 Å². The second-order valence-corrected chi connectivity index (χ2v) is 4.03. The molecule has 0 saturated carbocycles. The summed E-state index contributed by atoms with van der Waals surface area (Å²) >= 11 is 6.08. The Kier molecular flexibility index (Phi) is 3.29. The standard InChI is InChI=1S/C12H13ClN2O/c1-8-4-5-9(7-10(8)13)12(15-14)11-3-2-6-16-11/h2-7,12,15H,14H2,1H3. The van der Waals surface area contributed by atoms with Gasteiger partial charge >= 0.3 is 0 Å². The molecule has 0 bridgehead atoms. The molecule has 84 valence electrons. The Labute approximate surface area is 99.2 Å². The molecule has 0 fully saturated rings. The lowest BCUT2D eigenvalue weighted by Gasteiger charge is -2.14. The van der Waals surface area contributed by atoms with E-state index in [1.54, 1.807) is 6.26 Å². The van der Waals surface area contributed by atoms with Crippen LogP contribution in [-0.4, -0.2) is 0 Å². The van der Waals surface area contributed by atoms with Gasteiger partial charge in [0.1, 0.15) is 11.8 Å². The molecule has 0 amide bonds. The Morgan fingerprint density at radius 2 is 2.19 bits per heavy atom. The number of hydrogen-bond acceptors (Lipinski definition) is 3. The number of hydrazine groups is 1. The van der Waals surface area contributed by atoms with E-state index >= 15 is 0 Å². The summed E-state index contributed by atoms with van der Waals surface area (Å²) in [7, 11) is 0. The lowest BCUT2D eigenvalue weighted by Crippen LogP contribution is -2.28. The molecule has 4 heteroatoms. The van der Waals surface area contributed by atoms with Gasteiger partial charge in [0.05, 0.1) is 6.26 Å². The van der Waals surface area contributed by atoms with Crippen LogP contribution in [0.3, 0.4) is 0 Å². The number of halogens is 1. The predicted molar refractivity (Wildman–Crippen MR) is 64.1 cm³/mol. The lowest BCUT2D eigenvalue weighted by atomic mass is 10.0. The molecular weight excluding hydrogens is 224 g/mol. The number of hydrogen-bond donors (Lipinski definition) is 2. The molecule has 1 unspecified atom stereocenters. The van der Waals surface area contributed by atoms with Crippen LogP contribution in [-0.2, 0) is 0 Å². The van der Waals surface area contributed by atoms with E-state index in [2.05, 4.69) is 5.43 Å². The smallest absolute Gasteiger partial charge is 0.126 e. The van der Waals surface area contributed by atoms with Crippen molar-refractivity contribution in [2.45, 2.75) is 13.0 Å². The third-order valence-corrected chi connectivity index (χ3v) is 2.93. The summed E-state index contributed by atoms with van der Waals surface area (Å²) in [6.07, 6.45) is 1.62. The highest BCUT2D eigenvalue weighted by molar-refractivity contribution is 6.31. The minimum atomic E-state index is -0.173. The molecule has 3 N–H and O–H groups in total. The Balaban J connectivity index is 2.37. The van der Waals surface area contributed by atoms with E-state index in [4.69, 9.17) is 21.9 Å². The van der Waals surface area contributed by atoms with Crippen LogP contribution in [0.5, 0.6) is 0 Å². The molecule has 0 aliphatic heterocycles. The lowest BCUT2D eigenvalue weighted by molar-refractivity contribution is 0.452. The highest BCUT2D eigenvalue weighted by atomic mass is 35.5. The number of nitrogens with one attached hydrogen (secondary N) is 1. The van der Waals surface area contributed by atoms with Crippen molar-refractivity contribution in [2.75, 3.05) is 0 Å². The Morgan fingerprint density at radius 3 is 2.75 bits per heavy atom. The molecule has 0 spiro atoms. The molecule has 2 rings (SSSR count). The van der Waals surface area contributed by atoms with Crippen LogP contribution in [0.2, 0.25) is 5.02 Å². The summed E-state index contributed by atoms with van der Waals surface area (Å²) in [5.74, 6) is 6.30. The van der Waals surface area contributed by atoms with Gasteiger partial charge < -0.3 is 4.42 Å². The third-order valence-electron chi connectivity index (χ3n) is 2.52. The normalized spacial score (nSPS) is 12.7. The maximum Gasteiger partial charge on any atom is 0.126 e. The molecule has 1 atom stereocenters. The first-order valence-corrected chi connectivity index (χ1v) is 5.35. The van der Waals surface area contributed by atoms with Crippen LogP contribution in [0, 0.1) is 6.92 Å².